The molecule has 9 nitrogen and oxygen atoms in total. The van der Waals surface area contributed by atoms with Crippen LogP contribution in [-0.4, -0.2) is 26.1 Å². The van der Waals surface area contributed by atoms with Crippen LogP contribution in [0.1, 0.15) is 24.5 Å². The predicted octanol–water partition coefficient (Wildman–Crippen LogP) is 3.97. The quantitative estimate of drug-likeness (QED) is 0.299. The molecule has 29 heavy (non-hydrogen) atoms. The first-order chi connectivity index (χ1) is 14.0. The van der Waals surface area contributed by atoms with Crippen LogP contribution >= 0.6 is 0 Å². The van der Waals surface area contributed by atoms with Gasteiger partial charge in [-0.3, -0.25) is 14.9 Å². The molecule has 146 valence electrons. The van der Waals surface area contributed by atoms with Crippen LogP contribution in [0.2, 0.25) is 0 Å². The van der Waals surface area contributed by atoms with Crippen molar-refractivity contribution in [1.29, 1.82) is 0 Å². The number of para-hydroxylation sites is 1. The van der Waals surface area contributed by atoms with Gasteiger partial charge in [0.2, 0.25) is 5.89 Å². The SMILES string of the molecule is C[C@@H](OC(=O)Cc1c[nH]c2ccccc12)c1nnc(-c2ccc([N+](=O)[O-])cc2)o1. The third kappa shape index (κ3) is 3.84. The molecule has 0 spiro atoms. The lowest BCUT2D eigenvalue weighted by Gasteiger charge is -2.09. The number of H-pyrrole nitrogens is 1. The van der Waals surface area contributed by atoms with Crippen molar-refractivity contribution in [2.24, 2.45) is 0 Å². The Morgan fingerprint density at radius 1 is 1.21 bits per heavy atom. The molecule has 0 saturated heterocycles. The van der Waals surface area contributed by atoms with Crippen LogP contribution < -0.4 is 0 Å². The number of hydrogen-bond acceptors (Lipinski definition) is 7. The van der Waals surface area contributed by atoms with Gasteiger partial charge in [-0.2, -0.15) is 0 Å². The van der Waals surface area contributed by atoms with Crippen LogP contribution in [0, 0.1) is 10.1 Å². The van der Waals surface area contributed by atoms with Crippen LogP contribution in [0.4, 0.5) is 5.69 Å². The lowest BCUT2D eigenvalue weighted by Crippen LogP contribution is -2.11. The van der Waals surface area contributed by atoms with Crippen molar-refractivity contribution in [3.63, 3.8) is 0 Å². The van der Waals surface area contributed by atoms with Gasteiger partial charge in [0.15, 0.2) is 6.10 Å². The molecule has 0 aliphatic heterocycles. The van der Waals surface area contributed by atoms with E-state index in [0.717, 1.165) is 16.5 Å². The third-order valence-electron chi connectivity index (χ3n) is 4.43. The van der Waals surface area contributed by atoms with Gasteiger partial charge in [-0.05, 0) is 30.7 Å². The smallest absolute Gasteiger partial charge is 0.311 e. The molecule has 0 saturated carbocycles. The van der Waals surface area contributed by atoms with E-state index in [1.54, 1.807) is 13.1 Å². The molecule has 1 atom stereocenters. The van der Waals surface area contributed by atoms with Crippen LogP contribution in [0.15, 0.2) is 59.1 Å². The van der Waals surface area contributed by atoms with E-state index in [1.165, 1.54) is 24.3 Å². The number of nitro groups is 1. The van der Waals surface area contributed by atoms with Crippen molar-refractivity contribution in [1.82, 2.24) is 15.2 Å². The summed E-state index contributed by atoms with van der Waals surface area (Å²) >= 11 is 0. The highest BCUT2D eigenvalue weighted by Crippen LogP contribution is 2.25. The summed E-state index contributed by atoms with van der Waals surface area (Å²) < 4.78 is 11.0. The molecule has 0 amide bonds. The van der Waals surface area contributed by atoms with Gasteiger partial charge >= 0.3 is 5.97 Å². The van der Waals surface area contributed by atoms with E-state index in [0.29, 0.717) is 5.56 Å². The van der Waals surface area contributed by atoms with E-state index in [2.05, 4.69) is 15.2 Å². The zero-order chi connectivity index (χ0) is 20.4. The number of carbonyl (C=O) groups excluding carboxylic acids is 1. The van der Waals surface area contributed by atoms with Gasteiger partial charge in [-0.25, -0.2) is 0 Å². The van der Waals surface area contributed by atoms with Crippen LogP contribution in [0.5, 0.6) is 0 Å². The molecule has 2 aromatic heterocycles. The van der Waals surface area contributed by atoms with E-state index < -0.39 is 17.0 Å². The summed E-state index contributed by atoms with van der Waals surface area (Å²) in [4.78, 5) is 25.7. The summed E-state index contributed by atoms with van der Waals surface area (Å²) in [7, 11) is 0. The van der Waals surface area contributed by atoms with E-state index in [1.807, 2.05) is 24.3 Å². The Kier molecular flexibility index (Phi) is 4.78. The van der Waals surface area contributed by atoms with Crippen molar-refractivity contribution in [3.8, 4) is 11.5 Å². The maximum atomic E-state index is 12.3. The minimum Gasteiger partial charge on any atom is -0.452 e. The second-order valence-electron chi connectivity index (χ2n) is 6.42. The average Bonchev–Trinajstić information content (AvgIpc) is 3.36. The Morgan fingerprint density at radius 3 is 2.72 bits per heavy atom. The number of non-ortho nitro benzene ring substituents is 1. The zero-order valence-corrected chi connectivity index (χ0v) is 15.4. The van der Waals surface area contributed by atoms with Crippen molar-refractivity contribution < 1.29 is 18.9 Å². The molecule has 2 heterocycles. The zero-order valence-electron chi connectivity index (χ0n) is 15.4. The number of nitro benzene ring substituents is 1. The Hall–Kier alpha value is -4.01. The molecule has 0 fully saturated rings. The van der Waals surface area contributed by atoms with Crippen molar-refractivity contribution >= 4 is 22.6 Å². The molecule has 4 rings (SSSR count). The standard InChI is InChI=1S/C20H16N4O5/c1-12(28-18(25)10-14-11-21-17-5-3-2-4-16(14)17)19-22-23-20(29-19)13-6-8-15(9-7-13)24(26)27/h2-9,11-12,21H,10H2,1H3/t12-/m1/s1. The lowest BCUT2D eigenvalue weighted by atomic mass is 10.1. The number of hydrogen-bond donors (Lipinski definition) is 1. The summed E-state index contributed by atoms with van der Waals surface area (Å²) in [6.45, 7) is 1.64. The highest BCUT2D eigenvalue weighted by atomic mass is 16.6. The molecule has 1 N–H and O–H groups in total. The first-order valence-electron chi connectivity index (χ1n) is 8.84. The molecule has 9 heteroatoms. The van der Waals surface area contributed by atoms with E-state index in [9.17, 15) is 14.9 Å². The normalized spacial score (nSPS) is 12.0. The molecule has 0 bridgehead atoms. The number of rotatable bonds is 6. The highest BCUT2D eigenvalue weighted by molar-refractivity contribution is 5.87. The van der Waals surface area contributed by atoms with Gasteiger partial charge in [0.25, 0.3) is 11.6 Å². The predicted molar refractivity (Wildman–Crippen MR) is 103 cm³/mol. The fraction of sp³-hybridized carbons (Fsp3) is 0.150. The second kappa shape index (κ2) is 7.55. The molecular formula is C20H16N4O5. The van der Waals surface area contributed by atoms with Gasteiger partial charge in [0.1, 0.15) is 0 Å². The number of esters is 1. The number of aromatic amines is 1. The molecule has 0 aliphatic rings. The lowest BCUT2D eigenvalue weighted by molar-refractivity contribution is -0.384. The minimum atomic E-state index is -0.730. The summed E-state index contributed by atoms with van der Waals surface area (Å²) in [6.07, 6.45) is 1.17. The summed E-state index contributed by atoms with van der Waals surface area (Å²) in [5.41, 5.74) is 2.29. The van der Waals surface area contributed by atoms with Crippen molar-refractivity contribution in [3.05, 3.63) is 76.3 Å². The maximum Gasteiger partial charge on any atom is 0.311 e. The molecule has 0 unspecified atom stereocenters. The number of nitrogens with one attached hydrogen (secondary N) is 1. The topological polar surface area (TPSA) is 124 Å². The largest absolute Gasteiger partial charge is 0.452 e. The fourth-order valence-electron chi connectivity index (χ4n) is 2.96. The molecule has 0 aliphatic carbocycles. The van der Waals surface area contributed by atoms with E-state index >= 15 is 0 Å². The second-order valence-corrected chi connectivity index (χ2v) is 6.42. The van der Waals surface area contributed by atoms with Crippen LogP contribution in [0.3, 0.4) is 0 Å². The number of nitrogens with zero attached hydrogens (tertiary/aromatic N) is 3. The summed E-state index contributed by atoms with van der Waals surface area (Å²) in [5, 5.41) is 19.5. The average molecular weight is 392 g/mol. The van der Waals surface area contributed by atoms with Crippen molar-refractivity contribution in [2.45, 2.75) is 19.4 Å². The Morgan fingerprint density at radius 2 is 1.97 bits per heavy atom. The molecule has 4 aromatic rings. The number of benzene rings is 2. The summed E-state index contributed by atoms with van der Waals surface area (Å²) in [6, 6.07) is 13.4. The molecule has 2 aromatic carbocycles. The van der Waals surface area contributed by atoms with Crippen LogP contribution in [-0.2, 0) is 16.0 Å². The number of fused-ring (bicyclic) bond motifs is 1. The number of aromatic nitrogens is 3. The highest BCUT2D eigenvalue weighted by Gasteiger charge is 2.20. The minimum absolute atomic E-state index is 0.0342. The Bertz CT molecular complexity index is 1180. The third-order valence-corrected chi connectivity index (χ3v) is 4.43. The Balaban J connectivity index is 1.42. The molecular weight excluding hydrogens is 376 g/mol. The van der Waals surface area contributed by atoms with Gasteiger partial charge in [-0.1, -0.05) is 18.2 Å². The first-order valence-corrected chi connectivity index (χ1v) is 8.84. The number of carbonyl (C=O) groups is 1. The number of ether oxygens (including phenoxy) is 1. The van der Waals surface area contributed by atoms with E-state index in [-0.39, 0.29) is 23.9 Å². The first kappa shape index (κ1) is 18.4. The molecule has 0 radical (unpaired) electrons. The van der Waals surface area contributed by atoms with Gasteiger partial charge in [0, 0.05) is 34.8 Å². The Labute approximate surface area is 164 Å². The van der Waals surface area contributed by atoms with Gasteiger partial charge < -0.3 is 14.1 Å². The fourth-order valence-corrected chi connectivity index (χ4v) is 2.96. The van der Waals surface area contributed by atoms with Crippen LogP contribution in [0.25, 0.3) is 22.4 Å². The van der Waals surface area contributed by atoms with E-state index in [4.69, 9.17) is 9.15 Å². The summed E-state index contributed by atoms with van der Waals surface area (Å²) in [5.74, 6) is -0.0857. The monoisotopic (exact) mass is 392 g/mol. The maximum absolute atomic E-state index is 12.3. The van der Waals surface area contributed by atoms with Crippen molar-refractivity contribution in [2.75, 3.05) is 0 Å². The van der Waals surface area contributed by atoms with Gasteiger partial charge in [-0.15, -0.1) is 10.2 Å². The van der Waals surface area contributed by atoms with Gasteiger partial charge in [0.05, 0.1) is 11.3 Å².